The zero-order chi connectivity index (χ0) is 33.8. The van der Waals surface area contributed by atoms with E-state index in [0.29, 0.717) is 35.0 Å². The van der Waals surface area contributed by atoms with E-state index in [9.17, 15) is 0 Å². The van der Waals surface area contributed by atoms with Crippen LogP contribution < -0.4 is 31.9 Å². The van der Waals surface area contributed by atoms with Crippen LogP contribution in [0.5, 0.6) is 0 Å². The molecule has 0 aromatic heterocycles. The van der Waals surface area contributed by atoms with Crippen molar-refractivity contribution in [2.45, 2.75) is 0 Å². The third kappa shape index (κ3) is 9.39. The number of hydrogen-bond donors (Lipinski definition) is 6. The van der Waals surface area contributed by atoms with Crippen molar-refractivity contribution in [3.63, 3.8) is 0 Å². The molecule has 0 aliphatic rings. The molecule has 6 aromatic carbocycles. The molecular weight excluding hydrogens is 663 g/mol. The standard InChI is InChI=1S/C39H39N7S3/c47-37(43-34-19-7-13-28-10-1-4-16-31(28)34)40-22-25-46(26-23-41-38(48)44-35-20-8-14-29-11-2-5-17-32(29)35)27-24-42-39(49)45-36-21-9-15-30-12-3-6-18-33(30)36/h1-21H,22-27H2,(H2,40,43,47)(H2,41,44,48)(H2,42,45,49). The first kappa shape index (κ1) is 34.0. The van der Waals surface area contributed by atoms with Gasteiger partial charge in [0, 0.05) is 72.5 Å². The van der Waals surface area contributed by atoms with Crippen LogP contribution >= 0.6 is 36.7 Å². The molecule has 0 aliphatic carbocycles. The fourth-order valence-electron chi connectivity index (χ4n) is 5.82. The van der Waals surface area contributed by atoms with Crippen molar-refractivity contribution < 1.29 is 0 Å². The van der Waals surface area contributed by atoms with Gasteiger partial charge in [0.1, 0.15) is 0 Å². The van der Waals surface area contributed by atoms with E-state index in [1.54, 1.807) is 0 Å². The Morgan fingerprint density at radius 2 is 0.673 bits per heavy atom. The lowest BCUT2D eigenvalue weighted by Gasteiger charge is -2.24. The third-order valence-electron chi connectivity index (χ3n) is 8.25. The summed E-state index contributed by atoms with van der Waals surface area (Å²) in [6.45, 7) is 4.34. The number of thiocarbonyl (C=S) groups is 3. The fraction of sp³-hybridized carbons (Fsp3) is 0.154. The van der Waals surface area contributed by atoms with Gasteiger partial charge in [0.25, 0.3) is 0 Å². The van der Waals surface area contributed by atoms with Crippen LogP contribution in [0.25, 0.3) is 32.3 Å². The van der Waals surface area contributed by atoms with Gasteiger partial charge in [-0.05, 0) is 71.0 Å². The number of fused-ring (bicyclic) bond motifs is 3. The number of nitrogens with one attached hydrogen (secondary N) is 6. The summed E-state index contributed by atoms with van der Waals surface area (Å²) in [5.41, 5.74) is 2.96. The summed E-state index contributed by atoms with van der Waals surface area (Å²) in [5.74, 6) is 0. The molecule has 0 amide bonds. The monoisotopic (exact) mass is 701 g/mol. The first-order valence-electron chi connectivity index (χ1n) is 16.3. The Kier molecular flexibility index (Phi) is 11.8. The molecule has 0 aliphatic heterocycles. The highest BCUT2D eigenvalue weighted by molar-refractivity contribution is 7.80. The maximum atomic E-state index is 5.67. The van der Waals surface area contributed by atoms with Crippen LogP contribution in [0.4, 0.5) is 17.1 Å². The number of rotatable bonds is 12. The molecule has 0 saturated heterocycles. The minimum Gasteiger partial charge on any atom is -0.361 e. The summed E-state index contributed by atoms with van der Waals surface area (Å²) in [7, 11) is 0. The largest absolute Gasteiger partial charge is 0.361 e. The molecular formula is C39H39N7S3. The number of nitrogens with zero attached hydrogens (tertiary/aromatic N) is 1. The molecule has 0 heterocycles. The molecule has 6 rings (SSSR count). The minimum absolute atomic E-state index is 0.591. The van der Waals surface area contributed by atoms with Gasteiger partial charge in [-0.25, -0.2) is 0 Å². The number of anilines is 3. The molecule has 0 atom stereocenters. The van der Waals surface area contributed by atoms with Gasteiger partial charge in [0.15, 0.2) is 15.3 Å². The topological polar surface area (TPSA) is 75.4 Å². The second kappa shape index (κ2) is 17.0. The van der Waals surface area contributed by atoms with E-state index in [1.165, 1.54) is 16.2 Å². The molecule has 0 saturated carbocycles. The lowest BCUT2D eigenvalue weighted by molar-refractivity contribution is 0.286. The van der Waals surface area contributed by atoms with Gasteiger partial charge in [-0.3, -0.25) is 4.90 Å². The Hall–Kier alpha value is -4.87. The molecule has 0 fully saturated rings. The second-order valence-electron chi connectivity index (χ2n) is 11.6. The molecule has 0 radical (unpaired) electrons. The van der Waals surface area contributed by atoms with Gasteiger partial charge in [-0.15, -0.1) is 0 Å². The van der Waals surface area contributed by atoms with Crippen molar-refractivity contribution in [1.29, 1.82) is 0 Å². The summed E-state index contributed by atoms with van der Waals surface area (Å²) in [4.78, 5) is 2.36. The molecule has 0 bridgehead atoms. The molecule has 0 spiro atoms. The minimum atomic E-state index is 0.591. The number of benzene rings is 6. The molecule has 49 heavy (non-hydrogen) atoms. The molecule has 248 valence electrons. The van der Waals surface area contributed by atoms with Gasteiger partial charge < -0.3 is 31.9 Å². The van der Waals surface area contributed by atoms with Crippen molar-refractivity contribution in [2.24, 2.45) is 0 Å². The maximum absolute atomic E-state index is 5.67. The Bertz CT molecular complexity index is 1830. The van der Waals surface area contributed by atoms with E-state index in [-0.39, 0.29) is 0 Å². The average molecular weight is 702 g/mol. The highest BCUT2D eigenvalue weighted by Crippen LogP contribution is 2.24. The van der Waals surface area contributed by atoms with Gasteiger partial charge in [-0.2, -0.15) is 0 Å². The first-order valence-corrected chi connectivity index (χ1v) is 17.6. The molecule has 7 nitrogen and oxygen atoms in total. The van der Waals surface area contributed by atoms with Crippen LogP contribution in [-0.4, -0.2) is 59.5 Å². The summed E-state index contributed by atoms with van der Waals surface area (Å²) in [5, 5.41) is 29.0. The highest BCUT2D eigenvalue weighted by Gasteiger charge is 2.09. The molecule has 6 aromatic rings. The maximum Gasteiger partial charge on any atom is 0.170 e. The van der Waals surface area contributed by atoms with Gasteiger partial charge >= 0.3 is 0 Å². The summed E-state index contributed by atoms with van der Waals surface area (Å²) in [6.07, 6.45) is 0. The summed E-state index contributed by atoms with van der Waals surface area (Å²) in [6, 6.07) is 43.4. The predicted octanol–water partition coefficient (Wildman–Crippen LogP) is 7.71. The van der Waals surface area contributed by atoms with E-state index in [4.69, 9.17) is 36.7 Å². The number of hydrogen-bond acceptors (Lipinski definition) is 4. The van der Waals surface area contributed by atoms with Crippen LogP contribution in [0.1, 0.15) is 0 Å². The highest BCUT2D eigenvalue weighted by atomic mass is 32.1. The zero-order valence-electron chi connectivity index (χ0n) is 27.0. The predicted molar refractivity (Wildman–Crippen MR) is 221 cm³/mol. The summed E-state index contributed by atoms with van der Waals surface area (Å²) < 4.78 is 0. The van der Waals surface area contributed by atoms with Crippen LogP contribution in [0, 0.1) is 0 Å². The van der Waals surface area contributed by atoms with Crippen molar-refractivity contribution >= 4 is 101 Å². The van der Waals surface area contributed by atoms with E-state index in [2.05, 4.69) is 91.4 Å². The Balaban J connectivity index is 1.02. The van der Waals surface area contributed by atoms with Crippen molar-refractivity contribution in [3.8, 4) is 0 Å². The van der Waals surface area contributed by atoms with Crippen molar-refractivity contribution in [2.75, 3.05) is 55.2 Å². The van der Waals surface area contributed by atoms with E-state index < -0.39 is 0 Å². The van der Waals surface area contributed by atoms with Gasteiger partial charge in [0.2, 0.25) is 0 Å². The Morgan fingerprint density at radius 3 is 1.00 bits per heavy atom. The van der Waals surface area contributed by atoms with Gasteiger partial charge in [0.05, 0.1) is 0 Å². The van der Waals surface area contributed by atoms with Crippen molar-refractivity contribution in [1.82, 2.24) is 20.9 Å². The van der Waals surface area contributed by atoms with E-state index in [0.717, 1.165) is 52.9 Å². The van der Waals surface area contributed by atoms with Gasteiger partial charge in [-0.1, -0.05) is 109 Å². The first-order chi connectivity index (χ1) is 24.0. The fourth-order valence-corrected chi connectivity index (χ4v) is 6.46. The smallest absolute Gasteiger partial charge is 0.170 e. The average Bonchev–Trinajstić information content (AvgIpc) is 3.12. The normalized spacial score (nSPS) is 11.0. The quantitative estimate of drug-likeness (QED) is 0.0716. The van der Waals surface area contributed by atoms with Crippen LogP contribution in [-0.2, 0) is 0 Å². The van der Waals surface area contributed by atoms with Crippen LogP contribution in [0.15, 0.2) is 127 Å². The Labute approximate surface area is 303 Å². The Morgan fingerprint density at radius 1 is 0.388 bits per heavy atom. The molecule has 10 heteroatoms. The van der Waals surface area contributed by atoms with E-state index in [1.807, 2.05) is 72.8 Å². The lowest BCUT2D eigenvalue weighted by Crippen LogP contribution is -2.44. The van der Waals surface area contributed by atoms with Crippen LogP contribution in [0.3, 0.4) is 0 Å². The SMILES string of the molecule is S=C(NCCN(CCNC(=S)Nc1cccc2ccccc12)CCNC(=S)Nc1cccc2ccccc12)Nc1cccc2ccccc12. The second-order valence-corrected chi connectivity index (χ2v) is 12.8. The van der Waals surface area contributed by atoms with Crippen molar-refractivity contribution in [3.05, 3.63) is 127 Å². The molecule has 6 N–H and O–H groups in total. The molecule has 0 unspecified atom stereocenters. The summed E-state index contributed by atoms with van der Waals surface area (Å²) >= 11 is 17.0. The van der Waals surface area contributed by atoms with Crippen LogP contribution in [0.2, 0.25) is 0 Å². The zero-order valence-corrected chi connectivity index (χ0v) is 29.5. The third-order valence-corrected chi connectivity index (χ3v) is 8.99. The van der Waals surface area contributed by atoms with E-state index >= 15 is 0 Å². The lowest BCUT2D eigenvalue weighted by atomic mass is 10.1.